The van der Waals surface area contributed by atoms with Gasteiger partial charge in [-0.1, -0.05) is 0 Å². The Morgan fingerprint density at radius 2 is 2.13 bits per heavy atom. The molecular formula is C17H26N4O2. The second-order valence-corrected chi connectivity index (χ2v) is 7.00. The van der Waals surface area contributed by atoms with Gasteiger partial charge < -0.3 is 14.9 Å². The number of piperidine rings is 2. The van der Waals surface area contributed by atoms with Crippen LogP contribution in [0.5, 0.6) is 0 Å². The number of carbonyl (C=O) groups is 1. The van der Waals surface area contributed by atoms with Crippen molar-refractivity contribution < 1.29 is 9.90 Å². The molecule has 0 bridgehead atoms. The highest BCUT2D eigenvalue weighted by Crippen LogP contribution is 2.39. The van der Waals surface area contributed by atoms with Crippen LogP contribution in [0.25, 0.3) is 0 Å². The lowest BCUT2D eigenvalue weighted by Gasteiger charge is -2.48. The van der Waals surface area contributed by atoms with Crippen molar-refractivity contribution in [2.75, 3.05) is 32.8 Å². The van der Waals surface area contributed by atoms with Gasteiger partial charge in [-0.3, -0.25) is 14.8 Å². The summed E-state index contributed by atoms with van der Waals surface area (Å²) in [6.07, 6.45) is 7.41. The summed E-state index contributed by atoms with van der Waals surface area (Å²) < 4.78 is 0. The fourth-order valence-corrected chi connectivity index (χ4v) is 3.92. The summed E-state index contributed by atoms with van der Waals surface area (Å²) in [5, 5.41) is 9.20. The Bertz CT molecular complexity index is 546. The highest BCUT2D eigenvalue weighted by atomic mass is 16.3. The van der Waals surface area contributed by atoms with Gasteiger partial charge in [0.1, 0.15) is 0 Å². The van der Waals surface area contributed by atoms with Gasteiger partial charge in [0.05, 0.1) is 30.7 Å². The highest BCUT2D eigenvalue weighted by molar-refractivity contribution is 5.77. The topological polar surface area (TPSA) is 69.6 Å². The Kier molecular flexibility index (Phi) is 4.92. The first-order valence-corrected chi connectivity index (χ1v) is 8.49. The van der Waals surface area contributed by atoms with E-state index in [9.17, 15) is 9.90 Å². The molecule has 126 valence electrons. The maximum absolute atomic E-state index is 12.3. The van der Waals surface area contributed by atoms with E-state index in [-0.39, 0.29) is 17.9 Å². The highest BCUT2D eigenvalue weighted by Gasteiger charge is 2.41. The van der Waals surface area contributed by atoms with Crippen molar-refractivity contribution in [3.05, 3.63) is 23.8 Å². The van der Waals surface area contributed by atoms with Crippen molar-refractivity contribution in [1.29, 1.82) is 0 Å². The van der Waals surface area contributed by atoms with E-state index in [1.807, 2.05) is 11.8 Å². The van der Waals surface area contributed by atoms with E-state index in [2.05, 4.69) is 14.9 Å². The Balaban J connectivity index is 1.68. The number of β-amino-alcohol motifs (C(OH)–C–C–N with tert-alkyl or cyclic N) is 1. The Labute approximate surface area is 137 Å². The van der Waals surface area contributed by atoms with E-state index in [1.54, 1.807) is 12.4 Å². The second-order valence-electron chi connectivity index (χ2n) is 7.00. The van der Waals surface area contributed by atoms with Crippen LogP contribution in [0.3, 0.4) is 0 Å². The third-order valence-corrected chi connectivity index (χ3v) is 5.09. The predicted octanol–water partition coefficient (Wildman–Crippen LogP) is 0.982. The molecule has 3 heterocycles. The fourth-order valence-electron chi connectivity index (χ4n) is 3.92. The SMILES string of the molecule is Cc1cnc(CN2C[C@@]3(CCCN(CCO)C3)CCC2=O)cn1. The number of aromatic nitrogens is 2. The van der Waals surface area contributed by atoms with Gasteiger partial charge in [0.2, 0.25) is 5.91 Å². The standard InChI is InChI=1S/C17H26N4O2/c1-14-9-19-15(10-18-14)11-21-13-17(5-3-16(21)23)4-2-6-20(12-17)7-8-22/h9-10,22H,2-8,11-13H2,1H3/t17-/m0/s1. The van der Waals surface area contributed by atoms with Crippen LogP contribution < -0.4 is 0 Å². The van der Waals surface area contributed by atoms with E-state index in [0.717, 1.165) is 56.8 Å². The molecule has 1 aromatic rings. The van der Waals surface area contributed by atoms with E-state index in [0.29, 0.717) is 13.0 Å². The summed E-state index contributed by atoms with van der Waals surface area (Å²) in [7, 11) is 0. The third kappa shape index (κ3) is 3.87. The molecule has 1 spiro atoms. The number of carbonyl (C=O) groups excluding carboxylic acids is 1. The van der Waals surface area contributed by atoms with Crippen molar-refractivity contribution in [2.24, 2.45) is 5.41 Å². The molecule has 1 atom stereocenters. The number of nitrogens with zero attached hydrogens (tertiary/aromatic N) is 4. The van der Waals surface area contributed by atoms with Crippen LogP contribution in [0.4, 0.5) is 0 Å². The van der Waals surface area contributed by atoms with Gasteiger partial charge in [-0.2, -0.15) is 0 Å². The average Bonchev–Trinajstić information content (AvgIpc) is 2.54. The zero-order valence-corrected chi connectivity index (χ0v) is 13.9. The van der Waals surface area contributed by atoms with Gasteiger partial charge in [0.15, 0.2) is 0 Å². The molecule has 23 heavy (non-hydrogen) atoms. The van der Waals surface area contributed by atoms with E-state index < -0.39 is 0 Å². The van der Waals surface area contributed by atoms with Gasteiger partial charge >= 0.3 is 0 Å². The first-order valence-electron chi connectivity index (χ1n) is 8.49. The first kappa shape index (κ1) is 16.3. The molecule has 1 N–H and O–H groups in total. The number of rotatable bonds is 4. The fraction of sp³-hybridized carbons (Fsp3) is 0.706. The van der Waals surface area contributed by atoms with Gasteiger partial charge in [-0.15, -0.1) is 0 Å². The smallest absolute Gasteiger partial charge is 0.222 e. The molecule has 0 saturated carbocycles. The summed E-state index contributed by atoms with van der Waals surface area (Å²) >= 11 is 0. The van der Waals surface area contributed by atoms with Crippen molar-refractivity contribution >= 4 is 5.91 Å². The van der Waals surface area contributed by atoms with Gasteiger partial charge in [0, 0.05) is 37.7 Å². The van der Waals surface area contributed by atoms with Gasteiger partial charge in [-0.25, -0.2) is 0 Å². The van der Waals surface area contributed by atoms with Gasteiger partial charge in [-0.05, 0) is 32.7 Å². The number of amides is 1. The minimum Gasteiger partial charge on any atom is -0.395 e. The monoisotopic (exact) mass is 318 g/mol. The summed E-state index contributed by atoms with van der Waals surface area (Å²) in [4.78, 5) is 25.3. The molecule has 0 aromatic carbocycles. The normalized spacial score (nSPS) is 26.0. The van der Waals surface area contributed by atoms with E-state index in [4.69, 9.17) is 0 Å². The molecule has 1 amide bonds. The number of aliphatic hydroxyl groups is 1. The lowest BCUT2D eigenvalue weighted by atomic mass is 9.73. The minimum absolute atomic E-state index is 0.180. The molecule has 6 nitrogen and oxygen atoms in total. The molecule has 2 aliphatic heterocycles. The van der Waals surface area contributed by atoms with Crippen LogP contribution in [0, 0.1) is 12.3 Å². The summed E-state index contributed by atoms with van der Waals surface area (Å²) in [5.74, 6) is 0.220. The second kappa shape index (κ2) is 6.93. The maximum atomic E-state index is 12.3. The largest absolute Gasteiger partial charge is 0.395 e. The van der Waals surface area contributed by atoms with Crippen LogP contribution >= 0.6 is 0 Å². The van der Waals surface area contributed by atoms with Crippen molar-refractivity contribution in [1.82, 2.24) is 19.8 Å². The Morgan fingerprint density at radius 1 is 1.26 bits per heavy atom. The van der Waals surface area contributed by atoms with Crippen LogP contribution in [-0.4, -0.2) is 63.6 Å². The third-order valence-electron chi connectivity index (χ3n) is 5.09. The van der Waals surface area contributed by atoms with E-state index in [1.165, 1.54) is 0 Å². The molecule has 2 fully saturated rings. The zero-order valence-electron chi connectivity index (χ0n) is 13.9. The van der Waals surface area contributed by atoms with Gasteiger partial charge in [0.25, 0.3) is 0 Å². The average molecular weight is 318 g/mol. The van der Waals surface area contributed by atoms with Crippen molar-refractivity contribution in [3.8, 4) is 0 Å². The van der Waals surface area contributed by atoms with Crippen molar-refractivity contribution in [3.63, 3.8) is 0 Å². The molecule has 0 aliphatic carbocycles. The van der Waals surface area contributed by atoms with Crippen LogP contribution in [0.2, 0.25) is 0 Å². The quantitative estimate of drug-likeness (QED) is 0.896. The molecule has 2 aliphatic rings. The molecule has 0 radical (unpaired) electrons. The van der Waals surface area contributed by atoms with Crippen molar-refractivity contribution in [2.45, 2.75) is 39.2 Å². The maximum Gasteiger partial charge on any atom is 0.222 e. The van der Waals surface area contributed by atoms with E-state index >= 15 is 0 Å². The lowest BCUT2D eigenvalue weighted by Crippen LogP contribution is -2.54. The molecule has 1 aromatic heterocycles. The summed E-state index contributed by atoms with van der Waals surface area (Å²) in [5.41, 5.74) is 1.92. The number of hydrogen-bond acceptors (Lipinski definition) is 5. The first-order chi connectivity index (χ1) is 11.1. The summed E-state index contributed by atoms with van der Waals surface area (Å²) in [6.45, 7) is 6.24. The molecular weight excluding hydrogens is 292 g/mol. The number of likely N-dealkylation sites (tertiary alicyclic amines) is 2. The molecule has 3 rings (SSSR count). The zero-order chi connectivity index (χ0) is 16.3. The van der Waals surface area contributed by atoms with Crippen LogP contribution in [0.15, 0.2) is 12.4 Å². The minimum atomic E-state index is 0.180. The Morgan fingerprint density at radius 3 is 2.87 bits per heavy atom. The lowest BCUT2D eigenvalue weighted by molar-refractivity contribution is -0.140. The number of hydrogen-bond donors (Lipinski definition) is 1. The number of aliphatic hydroxyl groups excluding tert-OH is 1. The Hall–Kier alpha value is -1.53. The predicted molar refractivity (Wildman–Crippen MR) is 86.6 cm³/mol. The molecule has 0 unspecified atom stereocenters. The number of aryl methyl sites for hydroxylation is 1. The van der Waals surface area contributed by atoms with Crippen LogP contribution in [0.1, 0.15) is 37.1 Å². The molecule has 2 saturated heterocycles. The molecule has 6 heteroatoms. The van der Waals surface area contributed by atoms with Crippen LogP contribution in [-0.2, 0) is 11.3 Å². The summed E-state index contributed by atoms with van der Waals surface area (Å²) in [6, 6.07) is 0.